The second kappa shape index (κ2) is 11.8. The van der Waals surface area contributed by atoms with Crippen LogP contribution in [0.1, 0.15) is 90.4 Å². The highest BCUT2D eigenvalue weighted by Crippen LogP contribution is 2.65. The molecule has 178 valence electrons. The number of rotatable bonds is 7. The maximum absolute atomic E-state index is 2.66. The van der Waals surface area contributed by atoms with Gasteiger partial charge < -0.3 is 0 Å². The summed E-state index contributed by atoms with van der Waals surface area (Å²) in [5, 5.41) is 3.19. The first-order chi connectivity index (χ1) is 16.3. The second-order valence-corrected chi connectivity index (χ2v) is 16.6. The predicted molar refractivity (Wildman–Crippen MR) is 150 cm³/mol. The van der Waals surface area contributed by atoms with Crippen molar-refractivity contribution in [3.05, 3.63) is 60.7 Å². The van der Waals surface area contributed by atoms with Gasteiger partial charge in [0.05, 0.1) is 0 Å². The Morgan fingerprint density at radius 1 is 0.576 bits per heavy atom. The first-order valence-electron chi connectivity index (χ1n) is 14.0. The molecule has 2 aromatic carbocycles. The third-order valence-electron chi connectivity index (χ3n) is 9.00. The Kier molecular flexibility index (Phi) is 8.60. The van der Waals surface area contributed by atoms with Crippen LogP contribution >= 0.6 is 15.8 Å². The van der Waals surface area contributed by atoms with Gasteiger partial charge in [0.2, 0.25) is 0 Å². The lowest BCUT2D eigenvalue weighted by atomic mass is 9.99. The quantitative estimate of drug-likeness (QED) is 0.349. The summed E-state index contributed by atoms with van der Waals surface area (Å²) in [6.07, 6.45) is 19.8. The van der Waals surface area contributed by atoms with Gasteiger partial charge in [-0.3, -0.25) is 0 Å². The van der Waals surface area contributed by atoms with Crippen LogP contribution in [0.15, 0.2) is 60.7 Å². The molecule has 0 heterocycles. The number of hydrogen-bond donors (Lipinski definition) is 0. The van der Waals surface area contributed by atoms with Gasteiger partial charge >= 0.3 is 0 Å². The largest absolute Gasteiger partial charge is 0.0968 e. The molecule has 3 aliphatic carbocycles. The van der Waals surface area contributed by atoms with Crippen molar-refractivity contribution in [3.8, 4) is 0 Å². The second-order valence-electron chi connectivity index (χ2n) is 11.0. The molecule has 0 nitrogen and oxygen atoms in total. The Morgan fingerprint density at radius 2 is 1.06 bits per heavy atom. The normalized spacial score (nSPS) is 26.2. The van der Waals surface area contributed by atoms with E-state index >= 15 is 0 Å². The van der Waals surface area contributed by atoms with E-state index in [1.165, 1.54) is 51.4 Å². The Labute approximate surface area is 205 Å². The summed E-state index contributed by atoms with van der Waals surface area (Å²) >= 11 is 0. The summed E-state index contributed by atoms with van der Waals surface area (Å²) < 4.78 is 0. The van der Waals surface area contributed by atoms with Crippen molar-refractivity contribution in [1.29, 1.82) is 0 Å². The van der Waals surface area contributed by atoms with Gasteiger partial charge in [-0.2, -0.15) is 0 Å². The van der Waals surface area contributed by atoms with E-state index in [1.54, 1.807) is 42.7 Å². The topological polar surface area (TPSA) is 0 Å². The molecule has 3 atom stereocenters. The summed E-state index contributed by atoms with van der Waals surface area (Å²) in [5.74, 6) is 0.937. The summed E-state index contributed by atoms with van der Waals surface area (Å²) in [6, 6.07) is 23.1. The summed E-state index contributed by atoms with van der Waals surface area (Å²) in [5.41, 5.74) is 4.01. The molecule has 2 heteroatoms. The first kappa shape index (κ1) is 24.0. The Balaban J connectivity index is 1.45. The standard InChI is InChI=1S/C31H44P2/c1-25(32(26-15-6-2-7-16-26)27-17-8-3-9-18-27)30-23-14-24-31(30)33(28-19-10-4-11-20-28)29-21-12-5-13-22-29/h2-3,6-9,15-18,25,28-31H,4-5,10-14,19-24H2,1H3/t25-,30?,31?/m0/s1. The summed E-state index contributed by atoms with van der Waals surface area (Å²) in [6.45, 7) is 2.66. The van der Waals surface area contributed by atoms with Crippen molar-refractivity contribution in [3.63, 3.8) is 0 Å². The minimum Gasteiger partial charge on any atom is -0.0968 e. The fourth-order valence-electron chi connectivity index (χ4n) is 7.49. The fraction of sp³-hybridized carbons (Fsp3) is 0.613. The molecule has 0 radical (unpaired) electrons. The lowest BCUT2D eigenvalue weighted by molar-refractivity contribution is 0.469. The summed E-state index contributed by atoms with van der Waals surface area (Å²) in [4.78, 5) is 0. The van der Waals surface area contributed by atoms with Crippen LogP contribution in [0.25, 0.3) is 0 Å². The third-order valence-corrected chi connectivity index (χ3v) is 16.0. The molecular weight excluding hydrogens is 434 g/mol. The van der Waals surface area contributed by atoms with Crippen molar-refractivity contribution in [1.82, 2.24) is 0 Å². The SMILES string of the molecule is C[C@@H](C1CCCC1P(C1CCCCC1)C1CCCCC1)P(c1ccccc1)c1ccccc1. The molecule has 0 N–H and O–H groups in total. The van der Waals surface area contributed by atoms with Crippen LogP contribution in [0.3, 0.4) is 0 Å². The average Bonchev–Trinajstić information content (AvgIpc) is 3.36. The van der Waals surface area contributed by atoms with Crippen molar-refractivity contribution in [2.24, 2.45) is 5.92 Å². The van der Waals surface area contributed by atoms with Gasteiger partial charge in [-0.15, -0.1) is 0 Å². The molecule has 3 aliphatic rings. The Morgan fingerprint density at radius 3 is 1.55 bits per heavy atom. The highest BCUT2D eigenvalue weighted by Gasteiger charge is 2.44. The van der Waals surface area contributed by atoms with E-state index in [1.807, 2.05) is 0 Å². The lowest BCUT2D eigenvalue weighted by Crippen LogP contribution is -2.34. The molecule has 0 aromatic heterocycles. The zero-order chi connectivity index (χ0) is 22.5. The Bertz CT molecular complexity index is 765. The molecular formula is C31H44P2. The zero-order valence-electron chi connectivity index (χ0n) is 20.7. The van der Waals surface area contributed by atoms with Crippen LogP contribution in [0.2, 0.25) is 0 Å². The van der Waals surface area contributed by atoms with Gasteiger partial charge in [0, 0.05) is 0 Å². The van der Waals surface area contributed by atoms with Crippen LogP contribution in [-0.4, -0.2) is 22.6 Å². The zero-order valence-corrected chi connectivity index (χ0v) is 22.5. The van der Waals surface area contributed by atoms with E-state index in [4.69, 9.17) is 0 Å². The number of benzene rings is 2. The molecule has 0 spiro atoms. The maximum Gasteiger partial charge on any atom is -0.0123 e. The number of hydrogen-bond acceptors (Lipinski definition) is 0. The van der Waals surface area contributed by atoms with Gasteiger partial charge in [-0.1, -0.05) is 120 Å². The van der Waals surface area contributed by atoms with E-state index in [-0.39, 0.29) is 15.8 Å². The van der Waals surface area contributed by atoms with Gasteiger partial charge in [-0.25, -0.2) is 0 Å². The van der Waals surface area contributed by atoms with E-state index in [0.29, 0.717) is 0 Å². The van der Waals surface area contributed by atoms with Crippen LogP contribution < -0.4 is 10.6 Å². The summed E-state index contributed by atoms with van der Waals surface area (Å²) in [7, 11) is -0.121. The molecule has 0 amide bonds. The predicted octanol–water partition coefficient (Wildman–Crippen LogP) is 8.82. The van der Waals surface area contributed by atoms with E-state index in [2.05, 4.69) is 67.6 Å². The van der Waals surface area contributed by atoms with Crippen LogP contribution in [-0.2, 0) is 0 Å². The molecule has 33 heavy (non-hydrogen) atoms. The third kappa shape index (κ3) is 5.60. The van der Waals surface area contributed by atoms with Gasteiger partial charge in [0.15, 0.2) is 0 Å². The van der Waals surface area contributed by atoms with Gasteiger partial charge in [-0.05, 0) is 85.6 Å². The molecule has 0 saturated heterocycles. The Hall–Kier alpha value is -0.700. The molecule has 0 aliphatic heterocycles. The van der Waals surface area contributed by atoms with Crippen LogP contribution in [0.5, 0.6) is 0 Å². The lowest BCUT2D eigenvalue weighted by Gasteiger charge is -2.46. The van der Waals surface area contributed by atoms with E-state index in [9.17, 15) is 0 Å². The van der Waals surface area contributed by atoms with Gasteiger partial charge in [0.1, 0.15) is 0 Å². The van der Waals surface area contributed by atoms with Crippen LogP contribution in [0.4, 0.5) is 0 Å². The minimum absolute atomic E-state index is 0.178. The molecule has 5 rings (SSSR count). The first-order valence-corrected chi connectivity index (χ1v) is 17.0. The average molecular weight is 479 g/mol. The molecule has 2 unspecified atom stereocenters. The smallest absolute Gasteiger partial charge is 0.0123 e. The highest BCUT2D eigenvalue weighted by atomic mass is 31.1. The fourth-order valence-corrected chi connectivity index (χ4v) is 15.5. The molecule has 0 bridgehead atoms. The van der Waals surface area contributed by atoms with Crippen molar-refractivity contribution < 1.29 is 0 Å². The van der Waals surface area contributed by atoms with Gasteiger partial charge in [0.25, 0.3) is 0 Å². The van der Waals surface area contributed by atoms with Crippen LogP contribution in [0, 0.1) is 5.92 Å². The van der Waals surface area contributed by atoms with E-state index in [0.717, 1.165) is 28.6 Å². The molecule has 3 saturated carbocycles. The molecule has 2 aromatic rings. The maximum atomic E-state index is 2.66. The van der Waals surface area contributed by atoms with Crippen molar-refractivity contribution >= 4 is 26.5 Å². The van der Waals surface area contributed by atoms with Crippen molar-refractivity contribution in [2.75, 3.05) is 0 Å². The molecule has 3 fully saturated rings. The van der Waals surface area contributed by atoms with E-state index < -0.39 is 0 Å². The monoisotopic (exact) mass is 478 g/mol. The van der Waals surface area contributed by atoms with Crippen molar-refractivity contribution in [2.45, 2.75) is 113 Å². The highest BCUT2D eigenvalue weighted by molar-refractivity contribution is 7.73. The minimum atomic E-state index is -0.299.